The van der Waals surface area contributed by atoms with E-state index in [-0.39, 0.29) is 30.3 Å². The molecule has 0 aromatic heterocycles. The van der Waals surface area contributed by atoms with Crippen LogP contribution in [0, 0.1) is 28.9 Å². The third-order valence-electron chi connectivity index (χ3n) is 3.73. The number of hydrogen-bond donors (Lipinski definition) is 1. The Hall–Kier alpha value is -1.67. The van der Waals surface area contributed by atoms with Gasteiger partial charge in [-0.25, -0.2) is 8.78 Å². The van der Waals surface area contributed by atoms with Gasteiger partial charge in [0.25, 0.3) is 0 Å². The molecule has 0 atom stereocenters. The summed E-state index contributed by atoms with van der Waals surface area (Å²) in [6.45, 7) is 0.523. The molecule has 5 heteroatoms. The van der Waals surface area contributed by atoms with Crippen LogP contribution in [0.4, 0.5) is 14.5 Å². The molecule has 1 aliphatic carbocycles. The molecule has 2 aliphatic rings. The molecule has 1 aromatic carbocycles. The van der Waals surface area contributed by atoms with Crippen molar-refractivity contribution in [1.29, 1.82) is 5.26 Å². The highest BCUT2D eigenvalue weighted by Crippen LogP contribution is 2.46. The molecule has 1 aliphatic heterocycles. The fraction of sp³-hybridized carbons (Fsp3) is 0.462. The van der Waals surface area contributed by atoms with Crippen LogP contribution >= 0.6 is 0 Å². The zero-order valence-electron chi connectivity index (χ0n) is 9.66. The van der Waals surface area contributed by atoms with E-state index in [1.165, 1.54) is 4.90 Å². The minimum absolute atomic E-state index is 0.0354. The maximum Gasteiger partial charge on any atom is 0.150 e. The fourth-order valence-corrected chi connectivity index (χ4v) is 2.58. The summed E-state index contributed by atoms with van der Waals surface area (Å²) in [7, 11) is 0. The molecule has 94 valence electrons. The summed E-state index contributed by atoms with van der Waals surface area (Å²) in [5, 5.41) is 18.7. The number of anilines is 1. The Morgan fingerprint density at radius 1 is 1.28 bits per heavy atom. The maximum atomic E-state index is 13.7. The highest BCUT2D eigenvalue weighted by Gasteiger charge is 2.52. The van der Waals surface area contributed by atoms with Crippen LogP contribution in [0.25, 0.3) is 0 Å². The van der Waals surface area contributed by atoms with Gasteiger partial charge in [-0.05, 0) is 30.9 Å². The van der Waals surface area contributed by atoms with Crippen LogP contribution in [0.3, 0.4) is 0 Å². The molecule has 1 aromatic rings. The van der Waals surface area contributed by atoms with E-state index in [4.69, 9.17) is 5.26 Å². The van der Waals surface area contributed by atoms with Crippen LogP contribution < -0.4 is 4.90 Å². The van der Waals surface area contributed by atoms with Gasteiger partial charge in [-0.2, -0.15) is 5.26 Å². The summed E-state index contributed by atoms with van der Waals surface area (Å²) in [5.74, 6) is -1.22. The van der Waals surface area contributed by atoms with Crippen LogP contribution in [0.15, 0.2) is 12.1 Å². The molecule has 2 fully saturated rings. The second-order valence-electron chi connectivity index (χ2n) is 5.13. The van der Waals surface area contributed by atoms with Crippen molar-refractivity contribution in [2.75, 3.05) is 18.0 Å². The number of nitriles is 1. The van der Waals surface area contributed by atoms with Gasteiger partial charge in [-0.3, -0.25) is 0 Å². The first-order valence-electron chi connectivity index (χ1n) is 5.90. The third kappa shape index (κ3) is 1.65. The van der Waals surface area contributed by atoms with E-state index in [2.05, 4.69) is 0 Å². The molecular weight excluding hydrogens is 238 g/mol. The Morgan fingerprint density at radius 3 is 2.28 bits per heavy atom. The Bertz CT molecular complexity index is 519. The van der Waals surface area contributed by atoms with Crippen LogP contribution in [-0.2, 0) is 0 Å². The molecule has 18 heavy (non-hydrogen) atoms. The largest absolute Gasteiger partial charge is 0.386 e. The first-order chi connectivity index (χ1) is 8.53. The first kappa shape index (κ1) is 11.4. The minimum Gasteiger partial charge on any atom is -0.386 e. The predicted molar refractivity (Wildman–Crippen MR) is 61.0 cm³/mol. The second-order valence-corrected chi connectivity index (χ2v) is 5.13. The smallest absolute Gasteiger partial charge is 0.150 e. The monoisotopic (exact) mass is 250 g/mol. The average molecular weight is 250 g/mol. The van der Waals surface area contributed by atoms with Gasteiger partial charge in [-0.1, -0.05) is 0 Å². The van der Waals surface area contributed by atoms with Gasteiger partial charge in [0.05, 0.1) is 11.6 Å². The van der Waals surface area contributed by atoms with Crippen molar-refractivity contribution in [3.05, 3.63) is 29.3 Å². The number of aliphatic hydroxyl groups is 1. The first-order valence-corrected chi connectivity index (χ1v) is 5.90. The quantitative estimate of drug-likeness (QED) is 0.870. The number of halogens is 2. The van der Waals surface area contributed by atoms with Crippen molar-refractivity contribution in [1.82, 2.24) is 0 Å². The molecule has 3 rings (SSSR count). The highest BCUT2D eigenvalue weighted by molar-refractivity contribution is 5.55. The van der Waals surface area contributed by atoms with Crippen LogP contribution in [0.2, 0.25) is 0 Å². The molecule has 1 saturated carbocycles. The molecular formula is C13H12F2N2O. The standard InChI is InChI=1S/C13H12F2N2O/c14-10-3-8(5-16)4-11(15)12(10)17-6-13(18,7-17)9-1-2-9/h3-4,9,18H,1-2,6-7H2. The highest BCUT2D eigenvalue weighted by atomic mass is 19.1. The Kier molecular flexibility index (Phi) is 2.32. The second kappa shape index (κ2) is 3.66. The van der Waals surface area contributed by atoms with Gasteiger partial charge in [-0.15, -0.1) is 0 Å². The van der Waals surface area contributed by atoms with E-state index in [9.17, 15) is 13.9 Å². The zero-order valence-corrected chi connectivity index (χ0v) is 9.66. The van der Waals surface area contributed by atoms with Crippen LogP contribution in [-0.4, -0.2) is 23.8 Å². The average Bonchev–Trinajstić information content (AvgIpc) is 3.09. The maximum absolute atomic E-state index is 13.7. The van der Waals surface area contributed by atoms with Gasteiger partial charge in [0, 0.05) is 13.1 Å². The van der Waals surface area contributed by atoms with E-state index in [1.54, 1.807) is 6.07 Å². The molecule has 0 amide bonds. The van der Waals surface area contributed by atoms with E-state index in [1.807, 2.05) is 0 Å². The summed E-state index contributed by atoms with van der Waals surface area (Å²) >= 11 is 0. The number of nitrogens with zero attached hydrogens (tertiary/aromatic N) is 2. The number of rotatable bonds is 2. The lowest BCUT2D eigenvalue weighted by atomic mass is 9.88. The Balaban J connectivity index is 1.84. The predicted octanol–water partition coefficient (Wildman–Crippen LogP) is 1.80. The fourth-order valence-electron chi connectivity index (χ4n) is 2.58. The third-order valence-corrected chi connectivity index (χ3v) is 3.73. The summed E-state index contributed by atoms with van der Waals surface area (Å²) in [5.41, 5.74) is -0.960. The number of benzene rings is 1. The lowest BCUT2D eigenvalue weighted by Gasteiger charge is -2.48. The number of β-amino-alcohol motifs (C(OH)–C–C–N with tert-alkyl or cyclic N) is 1. The van der Waals surface area contributed by atoms with Gasteiger partial charge >= 0.3 is 0 Å². The lowest BCUT2D eigenvalue weighted by molar-refractivity contribution is -0.00996. The van der Waals surface area contributed by atoms with Crippen molar-refractivity contribution < 1.29 is 13.9 Å². The SMILES string of the molecule is N#Cc1cc(F)c(N2CC(O)(C3CC3)C2)c(F)c1. The normalized spacial score (nSPS) is 21.3. The minimum atomic E-state index is -0.785. The van der Waals surface area contributed by atoms with E-state index in [0.717, 1.165) is 25.0 Å². The van der Waals surface area contributed by atoms with Gasteiger partial charge in [0.1, 0.15) is 11.3 Å². The lowest BCUT2D eigenvalue weighted by Crippen LogP contribution is -2.63. The summed E-state index contributed by atoms with van der Waals surface area (Å²) in [4.78, 5) is 1.49. The van der Waals surface area contributed by atoms with E-state index >= 15 is 0 Å². The summed E-state index contributed by atoms with van der Waals surface area (Å²) in [6.07, 6.45) is 1.98. The topological polar surface area (TPSA) is 47.3 Å². The Labute approximate surface area is 103 Å². The van der Waals surface area contributed by atoms with Crippen molar-refractivity contribution >= 4 is 5.69 Å². The summed E-state index contributed by atoms with van der Waals surface area (Å²) < 4.78 is 27.4. The van der Waals surface area contributed by atoms with Crippen LogP contribution in [0.5, 0.6) is 0 Å². The van der Waals surface area contributed by atoms with E-state index in [0.29, 0.717) is 0 Å². The summed E-state index contributed by atoms with van der Waals surface area (Å²) in [6, 6.07) is 3.75. The van der Waals surface area contributed by atoms with Crippen molar-refractivity contribution in [3.8, 4) is 6.07 Å². The van der Waals surface area contributed by atoms with Gasteiger partial charge in [0.15, 0.2) is 11.6 Å². The molecule has 0 spiro atoms. The molecule has 0 bridgehead atoms. The van der Waals surface area contributed by atoms with Gasteiger partial charge < -0.3 is 10.0 Å². The zero-order chi connectivity index (χ0) is 12.9. The molecule has 1 saturated heterocycles. The van der Waals surface area contributed by atoms with Crippen molar-refractivity contribution in [2.24, 2.45) is 5.92 Å². The molecule has 1 heterocycles. The molecule has 3 nitrogen and oxygen atoms in total. The van der Waals surface area contributed by atoms with Gasteiger partial charge in [0.2, 0.25) is 0 Å². The van der Waals surface area contributed by atoms with Crippen molar-refractivity contribution in [2.45, 2.75) is 18.4 Å². The molecule has 0 radical (unpaired) electrons. The Morgan fingerprint density at radius 2 is 1.83 bits per heavy atom. The molecule has 0 unspecified atom stereocenters. The van der Waals surface area contributed by atoms with Crippen LogP contribution in [0.1, 0.15) is 18.4 Å². The molecule has 1 N–H and O–H groups in total. The van der Waals surface area contributed by atoms with Crippen molar-refractivity contribution in [3.63, 3.8) is 0 Å². The van der Waals surface area contributed by atoms with E-state index < -0.39 is 17.2 Å². The number of hydrogen-bond acceptors (Lipinski definition) is 3.